The SMILES string of the molecule is C1=C/C=C\C=C/Nc2ccccc2C=N\C=C/C=C\C=C/C=C\C=C/N=Cc2ccccc2N=C/C=C/C=C1. The smallest absolute Gasteiger partial charge is 0.0717 e. The highest BCUT2D eigenvalue weighted by Crippen LogP contribution is 2.16. The van der Waals surface area contributed by atoms with E-state index in [-0.39, 0.29) is 0 Å². The summed E-state index contributed by atoms with van der Waals surface area (Å²) in [5.74, 6) is 0. The Labute approximate surface area is 231 Å². The third kappa shape index (κ3) is 12.4. The van der Waals surface area contributed by atoms with E-state index >= 15 is 0 Å². The first-order valence-electron chi connectivity index (χ1n) is 12.6. The molecule has 0 amide bonds. The van der Waals surface area contributed by atoms with Gasteiger partial charge in [-0.3, -0.25) is 15.0 Å². The average Bonchev–Trinajstić information content (AvgIpc) is 2.96. The van der Waals surface area contributed by atoms with Crippen molar-refractivity contribution in [2.45, 2.75) is 0 Å². The summed E-state index contributed by atoms with van der Waals surface area (Å²) in [6.45, 7) is 0. The Morgan fingerprint density at radius 1 is 0.436 bits per heavy atom. The Kier molecular flexibility index (Phi) is 13.6. The van der Waals surface area contributed by atoms with E-state index in [1.54, 1.807) is 24.8 Å². The van der Waals surface area contributed by atoms with Crippen molar-refractivity contribution in [1.29, 1.82) is 0 Å². The van der Waals surface area contributed by atoms with Crippen molar-refractivity contribution < 1.29 is 0 Å². The Morgan fingerprint density at radius 2 is 0.923 bits per heavy atom. The topological polar surface area (TPSA) is 49.1 Å². The fourth-order valence-electron chi connectivity index (χ4n) is 3.10. The minimum Gasteiger partial charge on any atom is -0.361 e. The lowest BCUT2D eigenvalue weighted by Gasteiger charge is -2.03. The van der Waals surface area contributed by atoms with Gasteiger partial charge in [0.2, 0.25) is 0 Å². The zero-order chi connectivity index (χ0) is 27.1. The highest BCUT2D eigenvalue weighted by Gasteiger charge is 1.95. The zero-order valence-electron chi connectivity index (χ0n) is 21.7. The first-order valence-corrected chi connectivity index (χ1v) is 12.6. The number of anilines is 1. The lowest BCUT2D eigenvalue weighted by Crippen LogP contribution is -1.92. The second-order valence-corrected chi connectivity index (χ2v) is 7.86. The number of rotatable bonds is 0. The van der Waals surface area contributed by atoms with Gasteiger partial charge in [-0.25, -0.2) is 0 Å². The van der Waals surface area contributed by atoms with Gasteiger partial charge in [0, 0.05) is 54.1 Å². The van der Waals surface area contributed by atoms with Crippen molar-refractivity contribution >= 4 is 30.0 Å². The van der Waals surface area contributed by atoms with Crippen molar-refractivity contribution in [1.82, 2.24) is 0 Å². The largest absolute Gasteiger partial charge is 0.361 e. The highest BCUT2D eigenvalue weighted by atomic mass is 14.8. The molecule has 1 aliphatic rings. The lowest BCUT2D eigenvalue weighted by molar-refractivity contribution is 1.50. The molecule has 4 heteroatoms. The van der Waals surface area contributed by atoms with Gasteiger partial charge in [0.1, 0.15) is 0 Å². The summed E-state index contributed by atoms with van der Waals surface area (Å²) in [6, 6.07) is 15.9. The molecular formula is C35H32N4. The number of para-hydroxylation sites is 2. The highest BCUT2D eigenvalue weighted by molar-refractivity contribution is 5.89. The maximum absolute atomic E-state index is 4.54. The second-order valence-electron chi connectivity index (χ2n) is 7.86. The minimum absolute atomic E-state index is 0.861. The Balaban J connectivity index is 1.71. The molecule has 192 valence electrons. The molecule has 0 fully saturated rings. The molecule has 0 saturated heterocycles. The van der Waals surface area contributed by atoms with Gasteiger partial charge >= 0.3 is 0 Å². The lowest BCUT2D eigenvalue weighted by atomic mass is 10.2. The molecule has 0 spiro atoms. The van der Waals surface area contributed by atoms with E-state index in [9.17, 15) is 0 Å². The van der Waals surface area contributed by atoms with Crippen molar-refractivity contribution in [3.63, 3.8) is 0 Å². The number of aliphatic imine (C=N–C) groups is 3. The molecule has 0 aliphatic carbocycles. The van der Waals surface area contributed by atoms with Crippen molar-refractivity contribution in [3.8, 4) is 0 Å². The van der Waals surface area contributed by atoms with Gasteiger partial charge in [-0.05, 0) is 36.4 Å². The number of benzene rings is 2. The van der Waals surface area contributed by atoms with Crippen molar-refractivity contribution in [3.05, 3.63) is 182 Å². The molecule has 1 aliphatic heterocycles. The predicted molar refractivity (Wildman–Crippen MR) is 171 cm³/mol. The van der Waals surface area contributed by atoms with Gasteiger partial charge in [0.05, 0.1) is 5.69 Å². The van der Waals surface area contributed by atoms with Crippen LogP contribution in [0.5, 0.6) is 0 Å². The molecule has 39 heavy (non-hydrogen) atoms. The number of nitrogens with zero attached hydrogens (tertiary/aromatic N) is 3. The first kappa shape index (κ1) is 28.2. The molecule has 3 rings (SSSR count). The molecule has 4 nitrogen and oxygen atoms in total. The molecule has 2 aromatic rings. The van der Waals surface area contributed by atoms with Crippen LogP contribution in [0.15, 0.2) is 185 Å². The number of nitrogens with one attached hydrogen (secondary N) is 1. The van der Waals surface area contributed by atoms with Gasteiger partial charge in [-0.2, -0.15) is 0 Å². The maximum atomic E-state index is 4.54. The van der Waals surface area contributed by atoms with Crippen LogP contribution >= 0.6 is 0 Å². The summed E-state index contributed by atoms with van der Waals surface area (Å²) in [5.41, 5.74) is 3.80. The Hall–Kier alpha value is -5.35. The van der Waals surface area contributed by atoms with Crippen LogP contribution < -0.4 is 5.32 Å². The number of hydrogen-bond acceptors (Lipinski definition) is 4. The van der Waals surface area contributed by atoms with E-state index in [4.69, 9.17) is 0 Å². The molecule has 0 aromatic heterocycles. The molecular weight excluding hydrogens is 476 g/mol. The third-order valence-corrected chi connectivity index (χ3v) is 4.97. The number of fused-ring (bicyclic) bond motifs is 2. The van der Waals surface area contributed by atoms with Crippen LogP contribution in [0, 0.1) is 0 Å². The van der Waals surface area contributed by atoms with E-state index in [1.165, 1.54) is 0 Å². The summed E-state index contributed by atoms with van der Waals surface area (Å²) in [6.07, 6.45) is 43.9. The Bertz CT molecular complexity index is 1420. The third-order valence-electron chi connectivity index (χ3n) is 4.97. The van der Waals surface area contributed by atoms with Crippen molar-refractivity contribution in [2.24, 2.45) is 15.0 Å². The predicted octanol–water partition coefficient (Wildman–Crippen LogP) is 8.79. The quantitative estimate of drug-likeness (QED) is 0.380. The first-order chi connectivity index (χ1) is 19.4. The van der Waals surface area contributed by atoms with Crippen LogP contribution in [-0.2, 0) is 0 Å². The Morgan fingerprint density at radius 3 is 1.59 bits per heavy atom. The molecule has 2 aromatic carbocycles. The molecule has 0 saturated carbocycles. The van der Waals surface area contributed by atoms with E-state index in [0.29, 0.717) is 0 Å². The van der Waals surface area contributed by atoms with Gasteiger partial charge < -0.3 is 5.32 Å². The molecule has 1 heterocycles. The number of allylic oxidation sites excluding steroid dienone is 17. The molecule has 0 radical (unpaired) electrons. The molecule has 0 bridgehead atoms. The van der Waals surface area contributed by atoms with Crippen LogP contribution in [0.2, 0.25) is 0 Å². The van der Waals surface area contributed by atoms with Gasteiger partial charge in [0.15, 0.2) is 0 Å². The van der Waals surface area contributed by atoms with E-state index in [1.807, 2.05) is 164 Å². The van der Waals surface area contributed by atoms with E-state index in [0.717, 1.165) is 22.5 Å². The van der Waals surface area contributed by atoms with Crippen LogP contribution in [0.3, 0.4) is 0 Å². The van der Waals surface area contributed by atoms with Crippen LogP contribution in [0.1, 0.15) is 11.1 Å². The molecule has 1 N–H and O–H groups in total. The minimum atomic E-state index is 0.861. The van der Waals surface area contributed by atoms with Gasteiger partial charge in [-0.1, -0.05) is 115 Å². The standard InChI is InChI=1S/C35H32N4/c1-2-8-12-20-28-38-34-24-16-14-22-32(34)30-36-26-18-10-6-4-5-7-11-19-27-37-31-33-23-15-17-25-35(33)39-29-21-13-9-3-1/h1-31,38H/b2-1?,5-4-,9-3?,10-6-,11-7-,12-8-,21-13+,26-18-,27-19-,28-20-,36-30?,37-31?,39-29?. The number of hydrogen-bond donors (Lipinski definition) is 1. The molecule has 0 unspecified atom stereocenters. The average molecular weight is 509 g/mol. The fraction of sp³-hybridized carbons (Fsp3) is 0. The zero-order valence-corrected chi connectivity index (χ0v) is 21.7. The summed E-state index contributed by atoms with van der Waals surface area (Å²) in [7, 11) is 0. The molecule has 0 atom stereocenters. The summed E-state index contributed by atoms with van der Waals surface area (Å²) in [5, 5.41) is 3.30. The van der Waals surface area contributed by atoms with Gasteiger partial charge in [0.25, 0.3) is 0 Å². The maximum Gasteiger partial charge on any atom is 0.0717 e. The van der Waals surface area contributed by atoms with E-state index < -0.39 is 0 Å². The fourth-order valence-corrected chi connectivity index (χ4v) is 3.10. The van der Waals surface area contributed by atoms with Crippen molar-refractivity contribution in [2.75, 3.05) is 5.32 Å². The van der Waals surface area contributed by atoms with Crippen LogP contribution in [0.4, 0.5) is 11.4 Å². The van der Waals surface area contributed by atoms with Crippen LogP contribution in [-0.4, -0.2) is 18.6 Å². The monoisotopic (exact) mass is 508 g/mol. The van der Waals surface area contributed by atoms with Gasteiger partial charge in [-0.15, -0.1) is 0 Å². The van der Waals surface area contributed by atoms with Crippen LogP contribution in [0.25, 0.3) is 0 Å². The second kappa shape index (κ2) is 18.9. The van der Waals surface area contributed by atoms with E-state index in [2.05, 4.69) is 20.3 Å². The summed E-state index contributed by atoms with van der Waals surface area (Å²) < 4.78 is 0. The summed E-state index contributed by atoms with van der Waals surface area (Å²) >= 11 is 0. The summed E-state index contributed by atoms with van der Waals surface area (Å²) in [4.78, 5) is 13.3. The normalized spacial score (nSPS) is 21.1.